The third-order valence-corrected chi connectivity index (χ3v) is 5.62. The minimum Gasteiger partial charge on any atom is -0.436 e. The predicted octanol–water partition coefficient (Wildman–Crippen LogP) is 2.41. The molecule has 4 aromatic rings. The van der Waals surface area contributed by atoms with Gasteiger partial charge in [-0.15, -0.1) is 15.0 Å². The van der Waals surface area contributed by atoms with E-state index >= 15 is 0 Å². The van der Waals surface area contributed by atoms with Crippen LogP contribution in [0, 0.1) is 5.82 Å². The molecule has 0 saturated carbocycles. The molecule has 0 radical (unpaired) electrons. The van der Waals surface area contributed by atoms with Crippen LogP contribution < -0.4 is 10.5 Å². The van der Waals surface area contributed by atoms with Crippen molar-refractivity contribution in [3.63, 3.8) is 0 Å². The summed E-state index contributed by atoms with van der Waals surface area (Å²) in [4.78, 5) is 5.53. The van der Waals surface area contributed by atoms with Crippen molar-refractivity contribution in [2.75, 3.05) is 13.2 Å². The van der Waals surface area contributed by atoms with Gasteiger partial charge in [0.1, 0.15) is 5.75 Å². The van der Waals surface area contributed by atoms with Crippen molar-refractivity contribution in [1.29, 1.82) is 0 Å². The third-order valence-electron chi connectivity index (χ3n) is 5.62. The molecule has 1 aliphatic heterocycles. The van der Waals surface area contributed by atoms with Crippen molar-refractivity contribution < 1.29 is 19.0 Å². The average molecular weight is 481 g/mol. The molecule has 0 aliphatic carbocycles. The quantitative estimate of drug-likeness (QED) is 0.389. The number of pyridine rings is 1. The zero-order chi connectivity index (χ0) is 24.2. The number of ether oxygens (including phenoxy) is 2. The molecule has 11 nitrogen and oxygen atoms in total. The number of hydrogen-bond donors (Lipinski definition) is 2. The SMILES string of the molecule is N[C@H](CO)Cc1nnn(-c2ccc(Oc3ncc(-c4ccnn4C4CCCCO4)cc3F)cc2)n1. The second-order valence-corrected chi connectivity index (χ2v) is 8.23. The van der Waals surface area contributed by atoms with E-state index in [1.807, 2.05) is 6.07 Å². The highest BCUT2D eigenvalue weighted by atomic mass is 19.1. The summed E-state index contributed by atoms with van der Waals surface area (Å²) in [6.45, 7) is 0.527. The lowest BCUT2D eigenvalue weighted by atomic mass is 10.1. The first kappa shape index (κ1) is 23.0. The van der Waals surface area contributed by atoms with Gasteiger partial charge in [-0.1, -0.05) is 0 Å². The summed E-state index contributed by atoms with van der Waals surface area (Å²) < 4.78 is 28.1. The topological polar surface area (TPSA) is 139 Å². The Kier molecular flexibility index (Phi) is 6.75. The Morgan fingerprint density at radius 1 is 1.23 bits per heavy atom. The van der Waals surface area contributed by atoms with Gasteiger partial charge < -0.3 is 20.3 Å². The molecule has 1 unspecified atom stereocenters. The molecule has 0 bridgehead atoms. The Morgan fingerprint density at radius 3 is 2.83 bits per heavy atom. The van der Waals surface area contributed by atoms with E-state index < -0.39 is 11.9 Å². The molecule has 2 atom stereocenters. The van der Waals surface area contributed by atoms with E-state index in [2.05, 4.69) is 25.5 Å². The van der Waals surface area contributed by atoms with E-state index in [1.165, 1.54) is 10.9 Å². The van der Waals surface area contributed by atoms with Gasteiger partial charge in [0, 0.05) is 37.0 Å². The number of aliphatic hydroxyl groups excluding tert-OH is 1. The third kappa shape index (κ3) is 5.19. The van der Waals surface area contributed by atoms with Crippen LogP contribution in [0.25, 0.3) is 16.9 Å². The summed E-state index contributed by atoms with van der Waals surface area (Å²) in [5.74, 6) is 0.0955. The Morgan fingerprint density at radius 2 is 2.09 bits per heavy atom. The van der Waals surface area contributed by atoms with Crippen LogP contribution in [0.4, 0.5) is 4.39 Å². The number of benzene rings is 1. The van der Waals surface area contributed by atoms with E-state index in [9.17, 15) is 4.39 Å². The Balaban J connectivity index is 1.28. The normalized spacial score (nSPS) is 16.8. The van der Waals surface area contributed by atoms with Crippen LogP contribution >= 0.6 is 0 Å². The Hall–Kier alpha value is -3.74. The summed E-state index contributed by atoms with van der Waals surface area (Å²) in [6, 6.07) is 9.48. The van der Waals surface area contributed by atoms with Crippen LogP contribution in [-0.4, -0.2) is 59.3 Å². The highest BCUT2D eigenvalue weighted by Crippen LogP contribution is 2.30. The van der Waals surface area contributed by atoms with Crippen LogP contribution in [0.1, 0.15) is 31.3 Å². The zero-order valence-corrected chi connectivity index (χ0v) is 18.9. The smallest absolute Gasteiger partial charge is 0.255 e. The maximum atomic E-state index is 14.9. The number of nitrogens with zero attached hydrogens (tertiary/aromatic N) is 7. The molecule has 5 rings (SSSR count). The van der Waals surface area contributed by atoms with E-state index in [-0.39, 0.29) is 18.7 Å². The van der Waals surface area contributed by atoms with Crippen LogP contribution in [-0.2, 0) is 11.2 Å². The van der Waals surface area contributed by atoms with Gasteiger partial charge in [0.25, 0.3) is 5.88 Å². The number of halogens is 1. The van der Waals surface area contributed by atoms with E-state index in [0.717, 1.165) is 25.0 Å². The summed E-state index contributed by atoms with van der Waals surface area (Å²) in [5, 5.41) is 25.6. The summed E-state index contributed by atoms with van der Waals surface area (Å²) in [5.41, 5.74) is 7.67. The second-order valence-electron chi connectivity index (χ2n) is 8.23. The summed E-state index contributed by atoms with van der Waals surface area (Å²) in [6.07, 6.45) is 6.34. The molecule has 182 valence electrons. The van der Waals surface area contributed by atoms with Crippen molar-refractivity contribution in [3.8, 4) is 28.6 Å². The number of rotatable bonds is 8. The fourth-order valence-electron chi connectivity index (χ4n) is 3.82. The molecular formula is C23H25FN8O3. The van der Waals surface area contributed by atoms with Gasteiger partial charge in [-0.3, -0.25) is 0 Å². The van der Waals surface area contributed by atoms with Crippen molar-refractivity contribution in [2.45, 2.75) is 38.0 Å². The van der Waals surface area contributed by atoms with Crippen LogP contribution in [0.15, 0.2) is 48.8 Å². The van der Waals surface area contributed by atoms with Crippen molar-refractivity contribution in [3.05, 3.63) is 60.4 Å². The lowest BCUT2D eigenvalue weighted by molar-refractivity contribution is -0.0383. The zero-order valence-electron chi connectivity index (χ0n) is 18.9. The molecule has 1 aliphatic rings. The number of tetrazole rings is 1. The van der Waals surface area contributed by atoms with Gasteiger partial charge in [-0.05, 0) is 60.9 Å². The van der Waals surface area contributed by atoms with Crippen molar-refractivity contribution >= 4 is 0 Å². The molecule has 3 aromatic heterocycles. The van der Waals surface area contributed by atoms with Crippen molar-refractivity contribution in [2.24, 2.45) is 5.73 Å². The molecule has 3 N–H and O–H groups in total. The monoisotopic (exact) mass is 480 g/mol. The van der Waals surface area contributed by atoms with E-state index in [4.69, 9.17) is 20.3 Å². The lowest BCUT2D eigenvalue weighted by Crippen LogP contribution is -2.27. The summed E-state index contributed by atoms with van der Waals surface area (Å²) >= 11 is 0. The van der Waals surface area contributed by atoms with Crippen molar-refractivity contribution in [1.82, 2.24) is 35.0 Å². The van der Waals surface area contributed by atoms with E-state index in [1.54, 1.807) is 41.3 Å². The van der Waals surface area contributed by atoms with Gasteiger partial charge in [0.05, 0.1) is 18.0 Å². The highest BCUT2D eigenvalue weighted by Gasteiger charge is 2.20. The molecular weight excluding hydrogens is 455 g/mol. The van der Waals surface area contributed by atoms with Gasteiger partial charge in [-0.25, -0.2) is 14.1 Å². The van der Waals surface area contributed by atoms with Gasteiger partial charge >= 0.3 is 0 Å². The Labute approximate surface area is 200 Å². The molecule has 35 heavy (non-hydrogen) atoms. The first-order valence-electron chi connectivity index (χ1n) is 11.4. The minimum absolute atomic E-state index is 0.138. The van der Waals surface area contributed by atoms with Crippen LogP contribution in [0.3, 0.4) is 0 Å². The number of nitrogens with two attached hydrogens (primary N) is 1. The average Bonchev–Trinajstić information content (AvgIpc) is 3.56. The van der Waals surface area contributed by atoms with Gasteiger partial charge in [-0.2, -0.15) is 5.10 Å². The largest absolute Gasteiger partial charge is 0.436 e. The summed E-state index contributed by atoms with van der Waals surface area (Å²) in [7, 11) is 0. The minimum atomic E-state index is -0.591. The molecule has 12 heteroatoms. The lowest BCUT2D eigenvalue weighted by Gasteiger charge is -2.24. The first-order chi connectivity index (χ1) is 17.1. The number of hydrogen-bond acceptors (Lipinski definition) is 9. The standard InChI is InChI=1S/C23H25FN8O3/c24-19-11-15(20-8-9-27-31(20)22-3-1-2-10-34-22)13-26-23(19)35-18-6-4-17(5-7-18)32-29-21(28-30-32)12-16(25)14-33/h4-9,11,13,16,22,33H,1-3,10,12,14,25H2/t16-,22?/m0/s1. The molecule has 4 heterocycles. The van der Waals surface area contributed by atoms with Gasteiger partial charge in [0.2, 0.25) is 0 Å². The maximum absolute atomic E-state index is 14.9. The first-order valence-corrected chi connectivity index (χ1v) is 11.4. The maximum Gasteiger partial charge on any atom is 0.255 e. The Bertz CT molecular complexity index is 1270. The van der Waals surface area contributed by atoms with Crippen LogP contribution in [0.2, 0.25) is 0 Å². The molecule has 0 spiro atoms. The molecule has 0 amide bonds. The highest BCUT2D eigenvalue weighted by molar-refractivity contribution is 5.59. The number of aromatic nitrogens is 7. The fourth-order valence-corrected chi connectivity index (χ4v) is 3.82. The molecule has 1 saturated heterocycles. The second kappa shape index (κ2) is 10.3. The predicted molar refractivity (Wildman–Crippen MR) is 122 cm³/mol. The number of aliphatic hydroxyl groups is 1. The molecule has 1 aromatic carbocycles. The molecule has 1 fully saturated rings. The van der Waals surface area contributed by atoms with E-state index in [0.29, 0.717) is 35.9 Å². The van der Waals surface area contributed by atoms with Gasteiger partial charge in [0.15, 0.2) is 17.9 Å². The van der Waals surface area contributed by atoms with Crippen LogP contribution in [0.5, 0.6) is 11.6 Å². The fraction of sp³-hybridized carbons (Fsp3) is 0.348.